The standard InChI is InChI=1S/C14H20BrNO3/c1-18-13-9-11(10-17)8-12(15)14(13)19-7-6-16-4-2-3-5-16/h8-9,17H,2-7,10H2,1H3. The Morgan fingerprint density at radius 2 is 2.05 bits per heavy atom. The van der Waals surface area contributed by atoms with Crippen molar-refractivity contribution in [2.75, 3.05) is 33.4 Å². The average Bonchev–Trinajstić information content (AvgIpc) is 2.93. The van der Waals surface area contributed by atoms with Gasteiger partial charge in [0.2, 0.25) is 0 Å². The van der Waals surface area contributed by atoms with Crippen LogP contribution >= 0.6 is 15.9 Å². The van der Waals surface area contributed by atoms with Gasteiger partial charge in [0.1, 0.15) is 6.61 Å². The Kier molecular flexibility index (Phi) is 5.48. The Bertz CT molecular complexity index is 419. The van der Waals surface area contributed by atoms with Crippen LogP contribution in [0.15, 0.2) is 16.6 Å². The zero-order valence-electron chi connectivity index (χ0n) is 11.2. The first-order valence-corrected chi connectivity index (χ1v) is 7.36. The number of benzene rings is 1. The first kappa shape index (κ1) is 14.6. The van der Waals surface area contributed by atoms with Crippen LogP contribution in [-0.2, 0) is 6.61 Å². The molecule has 1 aromatic carbocycles. The van der Waals surface area contributed by atoms with Crippen LogP contribution in [0.25, 0.3) is 0 Å². The van der Waals surface area contributed by atoms with Gasteiger partial charge in [-0.2, -0.15) is 0 Å². The van der Waals surface area contributed by atoms with Crippen molar-refractivity contribution in [3.8, 4) is 11.5 Å². The average molecular weight is 330 g/mol. The fourth-order valence-electron chi connectivity index (χ4n) is 2.29. The summed E-state index contributed by atoms with van der Waals surface area (Å²) in [5, 5.41) is 9.17. The van der Waals surface area contributed by atoms with E-state index < -0.39 is 0 Å². The lowest BCUT2D eigenvalue weighted by Gasteiger charge is -2.17. The van der Waals surface area contributed by atoms with Crippen LogP contribution in [-0.4, -0.2) is 43.4 Å². The summed E-state index contributed by atoms with van der Waals surface area (Å²) in [6.07, 6.45) is 2.58. The van der Waals surface area contributed by atoms with Crippen LogP contribution in [0.4, 0.5) is 0 Å². The van der Waals surface area contributed by atoms with Crippen molar-refractivity contribution in [3.63, 3.8) is 0 Å². The number of aliphatic hydroxyl groups is 1. The summed E-state index contributed by atoms with van der Waals surface area (Å²) in [6.45, 7) is 3.92. The van der Waals surface area contributed by atoms with Gasteiger partial charge in [0.05, 0.1) is 18.2 Å². The number of hydrogen-bond donors (Lipinski definition) is 1. The summed E-state index contributed by atoms with van der Waals surface area (Å²) in [7, 11) is 1.61. The van der Waals surface area contributed by atoms with Crippen molar-refractivity contribution in [3.05, 3.63) is 22.2 Å². The molecular weight excluding hydrogens is 310 g/mol. The van der Waals surface area contributed by atoms with Crippen LogP contribution in [0.3, 0.4) is 0 Å². The van der Waals surface area contributed by atoms with Gasteiger partial charge in [-0.25, -0.2) is 0 Å². The summed E-state index contributed by atoms with van der Waals surface area (Å²) >= 11 is 3.46. The molecule has 19 heavy (non-hydrogen) atoms. The molecule has 0 bridgehead atoms. The molecule has 106 valence electrons. The molecule has 0 spiro atoms. The Morgan fingerprint density at radius 3 is 2.68 bits per heavy atom. The number of rotatable bonds is 6. The molecule has 1 aromatic rings. The Hall–Kier alpha value is -0.780. The van der Waals surface area contributed by atoms with Gasteiger partial charge in [0.15, 0.2) is 11.5 Å². The molecule has 2 rings (SSSR count). The normalized spacial score (nSPS) is 15.7. The molecule has 5 heteroatoms. The molecule has 1 fully saturated rings. The Labute approximate surface area is 122 Å². The van der Waals surface area contributed by atoms with Crippen LogP contribution in [0.5, 0.6) is 11.5 Å². The minimum absolute atomic E-state index is 0.0109. The summed E-state index contributed by atoms with van der Waals surface area (Å²) in [6, 6.07) is 3.66. The fourth-order valence-corrected chi connectivity index (χ4v) is 2.89. The van der Waals surface area contributed by atoms with Crippen LogP contribution in [0, 0.1) is 0 Å². The van der Waals surface area contributed by atoms with Crippen LogP contribution < -0.4 is 9.47 Å². The number of likely N-dealkylation sites (tertiary alicyclic amines) is 1. The van der Waals surface area contributed by atoms with E-state index in [-0.39, 0.29) is 6.61 Å². The highest BCUT2D eigenvalue weighted by Crippen LogP contribution is 2.36. The third-order valence-corrected chi connectivity index (χ3v) is 3.91. The lowest BCUT2D eigenvalue weighted by molar-refractivity contribution is 0.229. The van der Waals surface area contributed by atoms with E-state index in [2.05, 4.69) is 20.8 Å². The van der Waals surface area contributed by atoms with Gasteiger partial charge >= 0.3 is 0 Å². The minimum Gasteiger partial charge on any atom is -0.493 e. The van der Waals surface area contributed by atoms with E-state index in [0.29, 0.717) is 18.1 Å². The van der Waals surface area contributed by atoms with Crippen molar-refractivity contribution in [1.82, 2.24) is 4.90 Å². The number of hydrogen-bond acceptors (Lipinski definition) is 4. The van der Waals surface area contributed by atoms with Gasteiger partial charge in [-0.15, -0.1) is 0 Å². The number of aliphatic hydroxyl groups excluding tert-OH is 1. The first-order chi connectivity index (χ1) is 9.24. The highest BCUT2D eigenvalue weighted by Gasteiger charge is 2.14. The molecule has 1 saturated heterocycles. The van der Waals surface area contributed by atoms with E-state index in [1.165, 1.54) is 25.9 Å². The smallest absolute Gasteiger partial charge is 0.175 e. The quantitative estimate of drug-likeness (QED) is 0.870. The van der Waals surface area contributed by atoms with Gasteiger partial charge in [-0.05, 0) is 59.6 Å². The fraction of sp³-hybridized carbons (Fsp3) is 0.571. The van der Waals surface area contributed by atoms with Crippen molar-refractivity contribution in [2.45, 2.75) is 19.4 Å². The maximum Gasteiger partial charge on any atom is 0.175 e. The third kappa shape index (κ3) is 3.84. The molecule has 0 radical (unpaired) electrons. The van der Waals surface area contributed by atoms with Crippen molar-refractivity contribution in [1.29, 1.82) is 0 Å². The topological polar surface area (TPSA) is 41.9 Å². The van der Waals surface area contributed by atoms with Gasteiger partial charge in [0.25, 0.3) is 0 Å². The second kappa shape index (κ2) is 7.12. The molecule has 0 aromatic heterocycles. The molecule has 0 saturated carbocycles. The number of halogens is 1. The lowest BCUT2D eigenvalue weighted by Crippen LogP contribution is -2.25. The van der Waals surface area contributed by atoms with E-state index in [1.54, 1.807) is 13.2 Å². The molecular formula is C14H20BrNO3. The Morgan fingerprint density at radius 1 is 1.32 bits per heavy atom. The van der Waals surface area contributed by atoms with Crippen molar-refractivity contribution >= 4 is 15.9 Å². The van der Waals surface area contributed by atoms with Gasteiger partial charge in [-0.1, -0.05) is 0 Å². The second-order valence-electron chi connectivity index (χ2n) is 4.66. The van der Waals surface area contributed by atoms with E-state index in [0.717, 1.165) is 16.6 Å². The predicted octanol–water partition coefficient (Wildman–Crippen LogP) is 2.42. The summed E-state index contributed by atoms with van der Waals surface area (Å²) < 4.78 is 12.0. The van der Waals surface area contributed by atoms with Crippen LogP contribution in [0.2, 0.25) is 0 Å². The molecule has 1 aliphatic heterocycles. The molecule has 0 atom stereocenters. The molecule has 0 amide bonds. The molecule has 1 heterocycles. The van der Waals surface area contributed by atoms with E-state index in [1.807, 2.05) is 6.07 Å². The second-order valence-corrected chi connectivity index (χ2v) is 5.52. The maximum atomic E-state index is 9.17. The Balaban J connectivity index is 1.98. The van der Waals surface area contributed by atoms with Gasteiger partial charge in [-0.3, -0.25) is 4.90 Å². The zero-order chi connectivity index (χ0) is 13.7. The van der Waals surface area contributed by atoms with E-state index >= 15 is 0 Å². The molecule has 1 aliphatic rings. The van der Waals surface area contributed by atoms with Gasteiger partial charge in [0, 0.05) is 6.54 Å². The molecule has 0 unspecified atom stereocenters. The van der Waals surface area contributed by atoms with Crippen molar-refractivity contribution < 1.29 is 14.6 Å². The zero-order valence-corrected chi connectivity index (χ0v) is 12.8. The SMILES string of the molecule is COc1cc(CO)cc(Br)c1OCCN1CCCC1. The number of methoxy groups -OCH3 is 1. The first-order valence-electron chi connectivity index (χ1n) is 6.57. The van der Waals surface area contributed by atoms with Gasteiger partial charge < -0.3 is 14.6 Å². The lowest BCUT2D eigenvalue weighted by atomic mass is 10.2. The monoisotopic (exact) mass is 329 g/mol. The van der Waals surface area contributed by atoms with Crippen LogP contribution in [0.1, 0.15) is 18.4 Å². The summed E-state index contributed by atoms with van der Waals surface area (Å²) in [5.41, 5.74) is 0.801. The van der Waals surface area contributed by atoms with E-state index in [4.69, 9.17) is 14.6 Å². The molecule has 4 nitrogen and oxygen atoms in total. The highest BCUT2D eigenvalue weighted by molar-refractivity contribution is 9.10. The summed E-state index contributed by atoms with van der Waals surface area (Å²) in [5.74, 6) is 1.36. The number of ether oxygens (including phenoxy) is 2. The maximum absolute atomic E-state index is 9.17. The molecule has 1 N–H and O–H groups in total. The summed E-state index contributed by atoms with van der Waals surface area (Å²) in [4.78, 5) is 2.41. The predicted molar refractivity (Wildman–Crippen MR) is 77.8 cm³/mol. The number of nitrogens with zero attached hydrogens (tertiary/aromatic N) is 1. The van der Waals surface area contributed by atoms with E-state index in [9.17, 15) is 0 Å². The minimum atomic E-state index is -0.0109. The van der Waals surface area contributed by atoms with Crippen molar-refractivity contribution in [2.24, 2.45) is 0 Å². The molecule has 0 aliphatic carbocycles. The third-order valence-electron chi connectivity index (χ3n) is 3.32. The highest BCUT2D eigenvalue weighted by atomic mass is 79.9. The largest absolute Gasteiger partial charge is 0.493 e.